The minimum absolute atomic E-state index is 0.00444. The summed E-state index contributed by atoms with van der Waals surface area (Å²) < 4.78 is 15.1. The fraction of sp³-hybridized carbons (Fsp3) is 0.412. The van der Waals surface area contributed by atoms with Crippen LogP contribution >= 0.6 is 0 Å². The van der Waals surface area contributed by atoms with Crippen LogP contribution in [0.5, 0.6) is 5.75 Å². The van der Waals surface area contributed by atoms with Crippen molar-refractivity contribution in [2.75, 3.05) is 20.5 Å². The van der Waals surface area contributed by atoms with Crippen LogP contribution in [0, 0.1) is 17.2 Å². The Bertz CT molecular complexity index is 567. The van der Waals surface area contributed by atoms with Crippen molar-refractivity contribution < 1.29 is 19.0 Å². The van der Waals surface area contributed by atoms with Crippen LogP contribution in [0.15, 0.2) is 29.8 Å². The van der Waals surface area contributed by atoms with Gasteiger partial charge in [0.15, 0.2) is 6.79 Å². The van der Waals surface area contributed by atoms with E-state index in [0.29, 0.717) is 11.3 Å². The lowest BCUT2D eigenvalue weighted by molar-refractivity contribution is -0.137. The number of nitrogens with zero attached hydrogens (tertiary/aromatic N) is 1. The summed E-state index contributed by atoms with van der Waals surface area (Å²) in [5.41, 5.74) is 1.51. The van der Waals surface area contributed by atoms with E-state index in [4.69, 9.17) is 14.2 Å². The molecule has 1 aromatic rings. The molecule has 0 saturated heterocycles. The molecular weight excluding hydrogens is 282 g/mol. The summed E-state index contributed by atoms with van der Waals surface area (Å²) >= 11 is 0. The lowest BCUT2D eigenvalue weighted by atomic mass is 9.91. The standard InChI is InChI=1S/C17H21NO4/c1-5-21-17(19)15(10-18)16(12(2)3)13-6-8-14(9-7-13)22-11-20-4/h6-9,12H,5,11H2,1-4H3/b16-15+. The number of benzene rings is 1. The first-order chi connectivity index (χ1) is 10.5. The fourth-order valence-electron chi connectivity index (χ4n) is 2.04. The van der Waals surface area contributed by atoms with Crippen molar-refractivity contribution in [3.05, 3.63) is 35.4 Å². The van der Waals surface area contributed by atoms with Gasteiger partial charge in [0.1, 0.15) is 17.4 Å². The smallest absolute Gasteiger partial charge is 0.349 e. The predicted molar refractivity (Wildman–Crippen MR) is 83.0 cm³/mol. The van der Waals surface area contributed by atoms with Crippen molar-refractivity contribution in [3.63, 3.8) is 0 Å². The lowest BCUT2D eigenvalue weighted by Gasteiger charge is -2.15. The molecule has 0 N–H and O–H groups in total. The molecule has 0 atom stereocenters. The van der Waals surface area contributed by atoms with E-state index in [0.717, 1.165) is 5.56 Å². The van der Waals surface area contributed by atoms with Crippen LogP contribution in [-0.2, 0) is 14.3 Å². The van der Waals surface area contributed by atoms with Crippen molar-refractivity contribution >= 4 is 11.5 Å². The average molecular weight is 303 g/mol. The van der Waals surface area contributed by atoms with Gasteiger partial charge in [-0.3, -0.25) is 0 Å². The highest BCUT2D eigenvalue weighted by Crippen LogP contribution is 2.28. The van der Waals surface area contributed by atoms with Gasteiger partial charge in [-0.2, -0.15) is 5.26 Å². The molecule has 0 aliphatic carbocycles. The van der Waals surface area contributed by atoms with Gasteiger partial charge >= 0.3 is 5.97 Å². The summed E-state index contributed by atoms with van der Waals surface area (Å²) in [4.78, 5) is 12.0. The third-order valence-electron chi connectivity index (χ3n) is 2.95. The Kier molecular flexibility index (Phi) is 7.14. The molecule has 118 valence electrons. The second-order valence-corrected chi connectivity index (χ2v) is 4.85. The molecule has 0 fully saturated rings. The van der Waals surface area contributed by atoms with Gasteiger partial charge < -0.3 is 14.2 Å². The fourth-order valence-corrected chi connectivity index (χ4v) is 2.04. The Morgan fingerprint density at radius 1 is 1.27 bits per heavy atom. The van der Waals surface area contributed by atoms with Gasteiger partial charge in [-0.05, 0) is 36.1 Å². The molecule has 0 aliphatic heterocycles. The van der Waals surface area contributed by atoms with E-state index in [1.54, 1.807) is 26.2 Å². The zero-order valence-corrected chi connectivity index (χ0v) is 13.4. The maximum Gasteiger partial charge on any atom is 0.349 e. The van der Waals surface area contributed by atoms with Gasteiger partial charge in [-0.25, -0.2) is 4.79 Å². The monoisotopic (exact) mass is 303 g/mol. The highest BCUT2D eigenvalue weighted by molar-refractivity contribution is 6.02. The molecule has 5 heteroatoms. The Morgan fingerprint density at radius 2 is 1.91 bits per heavy atom. The second kappa shape index (κ2) is 8.85. The molecule has 0 heterocycles. The first-order valence-electron chi connectivity index (χ1n) is 7.08. The van der Waals surface area contributed by atoms with Crippen LogP contribution in [0.4, 0.5) is 0 Å². The summed E-state index contributed by atoms with van der Waals surface area (Å²) in [6, 6.07) is 9.15. The van der Waals surface area contributed by atoms with Crippen molar-refractivity contribution in [2.24, 2.45) is 5.92 Å². The van der Waals surface area contributed by atoms with Gasteiger partial charge in [0.25, 0.3) is 0 Å². The number of methoxy groups -OCH3 is 1. The third kappa shape index (κ3) is 4.61. The second-order valence-electron chi connectivity index (χ2n) is 4.85. The molecule has 0 amide bonds. The summed E-state index contributed by atoms with van der Waals surface area (Å²) in [7, 11) is 1.55. The molecule has 1 rings (SSSR count). The number of hydrogen-bond acceptors (Lipinski definition) is 5. The lowest BCUT2D eigenvalue weighted by Crippen LogP contribution is -2.11. The minimum Gasteiger partial charge on any atom is -0.468 e. The van der Waals surface area contributed by atoms with E-state index in [1.165, 1.54) is 0 Å². The van der Waals surface area contributed by atoms with Crippen LogP contribution in [0.1, 0.15) is 26.3 Å². The highest BCUT2D eigenvalue weighted by Gasteiger charge is 2.20. The molecule has 0 aliphatic rings. The Labute approximate surface area is 131 Å². The van der Waals surface area contributed by atoms with Crippen LogP contribution < -0.4 is 4.74 Å². The van der Waals surface area contributed by atoms with Crippen LogP contribution in [0.2, 0.25) is 0 Å². The Balaban J connectivity index is 3.19. The minimum atomic E-state index is -0.589. The average Bonchev–Trinajstić information content (AvgIpc) is 2.51. The maximum absolute atomic E-state index is 12.0. The van der Waals surface area contributed by atoms with Crippen molar-refractivity contribution in [1.29, 1.82) is 5.26 Å². The van der Waals surface area contributed by atoms with E-state index in [1.807, 2.05) is 32.0 Å². The Morgan fingerprint density at radius 3 is 2.36 bits per heavy atom. The molecule has 22 heavy (non-hydrogen) atoms. The topological polar surface area (TPSA) is 68.6 Å². The number of hydrogen-bond donors (Lipinski definition) is 0. The molecule has 5 nitrogen and oxygen atoms in total. The summed E-state index contributed by atoms with van der Waals surface area (Å²) in [6.07, 6.45) is 0. The first kappa shape index (κ1) is 17.7. The molecule has 0 unspecified atom stereocenters. The number of rotatable bonds is 7. The van der Waals surface area contributed by atoms with Gasteiger partial charge in [-0.15, -0.1) is 0 Å². The van der Waals surface area contributed by atoms with Crippen LogP contribution in [0.3, 0.4) is 0 Å². The molecule has 0 spiro atoms. The highest BCUT2D eigenvalue weighted by atomic mass is 16.7. The van der Waals surface area contributed by atoms with Gasteiger partial charge in [-0.1, -0.05) is 26.0 Å². The van der Waals surface area contributed by atoms with E-state index in [9.17, 15) is 10.1 Å². The zero-order valence-electron chi connectivity index (χ0n) is 13.4. The number of allylic oxidation sites excluding steroid dienone is 1. The number of carbonyl (C=O) groups is 1. The summed E-state index contributed by atoms with van der Waals surface area (Å²) in [6.45, 7) is 5.98. The molecule has 1 aromatic carbocycles. The van der Waals surface area contributed by atoms with Crippen molar-refractivity contribution in [1.82, 2.24) is 0 Å². The van der Waals surface area contributed by atoms with Crippen molar-refractivity contribution in [3.8, 4) is 11.8 Å². The van der Waals surface area contributed by atoms with Crippen LogP contribution in [0.25, 0.3) is 5.57 Å². The van der Waals surface area contributed by atoms with E-state index in [-0.39, 0.29) is 24.9 Å². The molecular formula is C17H21NO4. The van der Waals surface area contributed by atoms with Gasteiger partial charge in [0.05, 0.1) is 6.61 Å². The summed E-state index contributed by atoms with van der Waals surface area (Å²) in [5, 5.41) is 9.32. The molecule has 0 saturated carbocycles. The summed E-state index contributed by atoms with van der Waals surface area (Å²) in [5.74, 6) is 0.0709. The maximum atomic E-state index is 12.0. The normalized spacial score (nSPS) is 11.6. The number of nitriles is 1. The molecule has 0 radical (unpaired) electrons. The number of ether oxygens (including phenoxy) is 3. The number of carbonyl (C=O) groups excluding carboxylic acids is 1. The largest absolute Gasteiger partial charge is 0.468 e. The van der Waals surface area contributed by atoms with Gasteiger partial charge in [0, 0.05) is 7.11 Å². The van der Waals surface area contributed by atoms with E-state index < -0.39 is 5.97 Å². The van der Waals surface area contributed by atoms with Crippen LogP contribution in [-0.4, -0.2) is 26.5 Å². The molecule has 0 bridgehead atoms. The quantitative estimate of drug-likeness (QED) is 0.335. The first-order valence-corrected chi connectivity index (χ1v) is 7.08. The molecule has 0 aromatic heterocycles. The van der Waals surface area contributed by atoms with Crippen molar-refractivity contribution in [2.45, 2.75) is 20.8 Å². The SMILES string of the molecule is CCOC(=O)/C(C#N)=C(/c1ccc(OCOC)cc1)C(C)C. The van der Waals surface area contributed by atoms with Gasteiger partial charge in [0.2, 0.25) is 0 Å². The third-order valence-corrected chi connectivity index (χ3v) is 2.95. The zero-order chi connectivity index (χ0) is 16.5. The van der Waals surface area contributed by atoms with E-state index in [2.05, 4.69) is 0 Å². The predicted octanol–water partition coefficient (Wildman–Crippen LogP) is 3.17. The van der Waals surface area contributed by atoms with E-state index >= 15 is 0 Å². The number of esters is 1. The Hall–Kier alpha value is -2.32.